The molecule has 19 heavy (non-hydrogen) atoms. The number of aliphatic hydroxyl groups is 1. The van der Waals surface area contributed by atoms with E-state index in [4.69, 9.17) is 14.7 Å². The molecule has 1 aromatic carbocycles. The molecule has 102 valence electrons. The molecule has 1 aliphatic heterocycles. The molecule has 0 fully saturated rings. The van der Waals surface area contributed by atoms with E-state index in [1.54, 1.807) is 18.2 Å². The number of nitriles is 1. The van der Waals surface area contributed by atoms with Gasteiger partial charge in [-0.1, -0.05) is 6.92 Å². The summed E-state index contributed by atoms with van der Waals surface area (Å²) in [6.07, 6.45) is 0.212. The topological polar surface area (TPSA) is 62.5 Å². The predicted molar refractivity (Wildman–Crippen MR) is 71.0 cm³/mol. The van der Waals surface area contributed by atoms with Crippen LogP contribution in [0.5, 0.6) is 11.5 Å². The fourth-order valence-electron chi connectivity index (χ4n) is 2.23. The molecule has 2 unspecified atom stereocenters. The van der Waals surface area contributed by atoms with Crippen LogP contribution in [0.1, 0.15) is 45.3 Å². The Bertz CT molecular complexity index is 505. The van der Waals surface area contributed by atoms with Gasteiger partial charge in [0, 0.05) is 18.1 Å². The SMILES string of the molecule is CCC(C#N)Oc1ccc2c(c1)OC(C)(C)CC2O. The smallest absolute Gasteiger partial charge is 0.184 e. The molecule has 4 nitrogen and oxygen atoms in total. The van der Waals surface area contributed by atoms with Crippen molar-refractivity contribution in [1.29, 1.82) is 5.26 Å². The highest BCUT2D eigenvalue weighted by atomic mass is 16.5. The molecular formula is C15H19NO3. The van der Waals surface area contributed by atoms with Gasteiger partial charge < -0.3 is 14.6 Å². The lowest BCUT2D eigenvalue weighted by Gasteiger charge is -2.35. The first-order chi connectivity index (χ1) is 8.95. The Labute approximate surface area is 113 Å². The van der Waals surface area contributed by atoms with Gasteiger partial charge in [0.15, 0.2) is 6.10 Å². The Balaban J connectivity index is 2.26. The lowest BCUT2D eigenvalue weighted by Crippen LogP contribution is -2.34. The molecule has 4 heteroatoms. The molecule has 1 aliphatic rings. The minimum Gasteiger partial charge on any atom is -0.487 e. The average Bonchev–Trinajstić information content (AvgIpc) is 2.34. The fraction of sp³-hybridized carbons (Fsp3) is 0.533. The quantitative estimate of drug-likeness (QED) is 0.908. The molecule has 1 heterocycles. The van der Waals surface area contributed by atoms with Gasteiger partial charge in [0.1, 0.15) is 23.2 Å². The van der Waals surface area contributed by atoms with Gasteiger partial charge in [0.25, 0.3) is 0 Å². The van der Waals surface area contributed by atoms with Crippen LogP contribution in [0.4, 0.5) is 0 Å². The molecule has 1 aromatic rings. The summed E-state index contributed by atoms with van der Waals surface area (Å²) < 4.78 is 11.4. The van der Waals surface area contributed by atoms with Crippen molar-refractivity contribution >= 4 is 0 Å². The fourth-order valence-corrected chi connectivity index (χ4v) is 2.23. The van der Waals surface area contributed by atoms with Crippen molar-refractivity contribution in [2.75, 3.05) is 0 Å². The summed E-state index contributed by atoms with van der Waals surface area (Å²) in [5.41, 5.74) is 0.376. The highest BCUT2D eigenvalue weighted by Gasteiger charge is 2.32. The van der Waals surface area contributed by atoms with Gasteiger partial charge in [0.05, 0.1) is 6.10 Å². The van der Waals surface area contributed by atoms with E-state index in [2.05, 4.69) is 6.07 Å². The highest BCUT2D eigenvalue weighted by molar-refractivity contribution is 5.44. The lowest BCUT2D eigenvalue weighted by molar-refractivity contribution is 0.0112. The normalized spacial score (nSPS) is 21.7. The molecule has 0 amide bonds. The second-order valence-corrected chi connectivity index (χ2v) is 5.43. The van der Waals surface area contributed by atoms with E-state index < -0.39 is 17.8 Å². The lowest BCUT2D eigenvalue weighted by atomic mass is 9.92. The Hall–Kier alpha value is -1.73. The molecule has 2 rings (SSSR count). The number of aliphatic hydroxyl groups excluding tert-OH is 1. The molecule has 0 aliphatic carbocycles. The Morgan fingerprint density at radius 3 is 2.95 bits per heavy atom. The molecule has 0 saturated carbocycles. The first-order valence-corrected chi connectivity index (χ1v) is 6.52. The van der Waals surface area contributed by atoms with Gasteiger partial charge >= 0.3 is 0 Å². The minimum atomic E-state index is -0.522. The van der Waals surface area contributed by atoms with Gasteiger partial charge in [-0.15, -0.1) is 0 Å². The van der Waals surface area contributed by atoms with Crippen LogP contribution < -0.4 is 9.47 Å². The van der Waals surface area contributed by atoms with Crippen molar-refractivity contribution < 1.29 is 14.6 Å². The Morgan fingerprint density at radius 1 is 1.58 bits per heavy atom. The van der Waals surface area contributed by atoms with E-state index in [1.807, 2.05) is 20.8 Å². The third-order valence-corrected chi connectivity index (χ3v) is 3.21. The van der Waals surface area contributed by atoms with Crippen molar-refractivity contribution in [1.82, 2.24) is 0 Å². The maximum atomic E-state index is 10.1. The molecule has 0 bridgehead atoms. The minimum absolute atomic E-state index is 0.398. The number of benzene rings is 1. The summed E-state index contributed by atoms with van der Waals surface area (Å²) in [5.74, 6) is 1.23. The van der Waals surface area contributed by atoms with Crippen LogP contribution in [0.3, 0.4) is 0 Å². The number of hydrogen-bond acceptors (Lipinski definition) is 4. The van der Waals surface area contributed by atoms with E-state index in [0.717, 1.165) is 5.56 Å². The summed E-state index contributed by atoms with van der Waals surface area (Å²) in [6, 6.07) is 7.41. The Kier molecular flexibility index (Phi) is 3.68. The van der Waals surface area contributed by atoms with Crippen molar-refractivity contribution in [2.45, 2.75) is 51.4 Å². The summed E-state index contributed by atoms with van der Waals surface area (Å²) in [6.45, 7) is 5.78. The predicted octanol–water partition coefficient (Wildman–Crippen LogP) is 2.96. The van der Waals surface area contributed by atoms with Crippen LogP contribution in [0.2, 0.25) is 0 Å². The first kappa shape index (κ1) is 13.7. The maximum absolute atomic E-state index is 10.1. The van der Waals surface area contributed by atoms with Crippen LogP contribution in [-0.2, 0) is 0 Å². The first-order valence-electron chi connectivity index (χ1n) is 6.52. The van der Waals surface area contributed by atoms with Gasteiger partial charge in [-0.2, -0.15) is 5.26 Å². The third kappa shape index (κ3) is 2.99. The van der Waals surface area contributed by atoms with Crippen LogP contribution >= 0.6 is 0 Å². The van der Waals surface area contributed by atoms with Gasteiger partial charge in [-0.25, -0.2) is 0 Å². The zero-order valence-corrected chi connectivity index (χ0v) is 11.5. The van der Waals surface area contributed by atoms with Gasteiger partial charge in [-0.05, 0) is 32.4 Å². The van der Waals surface area contributed by atoms with Crippen molar-refractivity contribution in [2.24, 2.45) is 0 Å². The summed E-state index contributed by atoms with van der Waals surface area (Å²) in [5, 5.41) is 19.0. The second kappa shape index (κ2) is 5.10. The van der Waals surface area contributed by atoms with E-state index in [9.17, 15) is 5.11 Å². The molecule has 0 saturated heterocycles. The number of fused-ring (bicyclic) bond motifs is 1. The van der Waals surface area contributed by atoms with Crippen LogP contribution in [-0.4, -0.2) is 16.8 Å². The largest absolute Gasteiger partial charge is 0.487 e. The summed E-state index contributed by atoms with van der Waals surface area (Å²) >= 11 is 0. The van der Waals surface area contributed by atoms with E-state index in [0.29, 0.717) is 24.3 Å². The molecule has 0 radical (unpaired) electrons. The van der Waals surface area contributed by atoms with Crippen molar-refractivity contribution in [3.63, 3.8) is 0 Å². The summed E-state index contributed by atoms with van der Waals surface area (Å²) in [4.78, 5) is 0. The maximum Gasteiger partial charge on any atom is 0.184 e. The van der Waals surface area contributed by atoms with Crippen LogP contribution in [0, 0.1) is 11.3 Å². The van der Waals surface area contributed by atoms with E-state index in [1.165, 1.54) is 0 Å². The zero-order chi connectivity index (χ0) is 14.0. The second-order valence-electron chi connectivity index (χ2n) is 5.43. The molecular weight excluding hydrogens is 242 g/mol. The molecule has 0 aromatic heterocycles. The number of ether oxygens (including phenoxy) is 2. The van der Waals surface area contributed by atoms with Crippen molar-refractivity contribution in [3.05, 3.63) is 23.8 Å². The number of hydrogen-bond donors (Lipinski definition) is 1. The standard InChI is InChI=1S/C15H19NO3/c1-4-10(9-16)18-11-5-6-12-13(17)8-15(2,3)19-14(12)7-11/h5-7,10,13,17H,4,8H2,1-3H3. The summed E-state index contributed by atoms with van der Waals surface area (Å²) in [7, 11) is 0. The Morgan fingerprint density at radius 2 is 2.32 bits per heavy atom. The van der Waals surface area contributed by atoms with E-state index >= 15 is 0 Å². The number of rotatable bonds is 3. The van der Waals surface area contributed by atoms with Gasteiger partial charge in [0.2, 0.25) is 0 Å². The third-order valence-electron chi connectivity index (χ3n) is 3.21. The molecule has 0 spiro atoms. The van der Waals surface area contributed by atoms with Crippen molar-refractivity contribution in [3.8, 4) is 17.6 Å². The van der Waals surface area contributed by atoms with E-state index in [-0.39, 0.29) is 0 Å². The number of nitrogens with zero attached hydrogens (tertiary/aromatic N) is 1. The zero-order valence-electron chi connectivity index (χ0n) is 11.5. The molecule has 1 N–H and O–H groups in total. The van der Waals surface area contributed by atoms with Crippen LogP contribution in [0.15, 0.2) is 18.2 Å². The van der Waals surface area contributed by atoms with Crippen LogP contribution in [0.25, 0.3) is 0 Å². The average molecular weight is 261 g/mol. The highest BCUT2D eigenvalue weighted by Crippen LogP contribution is 2.41. The molecule has 2 atom stereocenters. The monoisotopic (exact) mass is 261 g/mol. The van der Waals surface area contributed by atoms with Gasteiger partial charge in [-0.3, -0.25) is 0 Å².